The Morgan fingerprint density at radius 3 is 1.47 bits per heavy atom. The first-order valence-electron chi connectivity index (χ1n) is 12.7. The van der Waals surface area contributed by atoms with Gasteiger partial charge in [-0.2, -0.15) is 13.2 Å². The molecular formula is C35H29F3. The highest BCUT2D eigenvalue weighted by Crippen LogP contribution is 2.50. The molecule has 0 amide bonds. The summed E-state index contributed by atoms with van der Waals surface area (Å²) in [4.78, 5) is 0. The Labute approximate surface area is 222 Å². The Bertz CT molecular complexity index is 1560. The maximum atomic E-state index is 9.67. The quantitative estimate of drug-likeness (QED) is 0.224. The van der Waals surface area contributed by atoms with Crippen molar-refractivity contribution < 1.29 is 13.2 Å². The molecule has 0 saturated heterocycles. The third-order valence-electron chi connectivity index (χ3n) is 7.15. The standard InChI is InChI=1S/C34H28.CHF3/c1-22-8-14-25(15-9-22)30-21-31-29-7-5-4-6-28(29)20-32(31)34(27-18-12-24(3)13-19-27)33(30)26-16-10-23(2)11-17-26;2-1(3)4/h4-19,21H,20H2,1-3H3;1H. The van der Waals surface area contributed by atoms with E-state index in [-0.39, 0.29) is 0 Å². The van der Waals surface area contributed by atoms with Crippen molar-refractivity contribution in [2.24, 2.45) is 0 Å². The summed E-state index contributed by atoms with van der Waals surface area (Å²) in [5, 5.41) is 0. The van der Waals surface area contributed by atoms with Gasteiger partial charge in [-0.1, -0.05) is 114 Å². The lowest BCUT2D eigenvalue weighted by atomic mass is 9.82. The molecule has 5 aromatic carbocycles. The summed E-state index contributed by atoms with van der Waals surface area (Å²) in [5.41, 5.74) is 17.3. The zero-order valence-corrected chi connectivity index (χ0v) is 21.7. The number of hydrogen-bond acceptors (Lipinski definition) is 0. The van der Waals surface area contributed by atoms with Crippen molar-refractivity contribution in [1.82, 2.24) is 0 Å². The van der Waals surface area contributed by atoms with Crippen LogP contribution in [0.3, 0.4) is 0 Å². The van der Waals surface area contributed by atoms with E-state index in [1.54, 1.807) is 0 Å². The van der Waals surface area contributed by atoms with Crippen LogP contribution < -0.4 is 0 Å². The fourth-order valence-corrected chi connectivity index (χ4v) is 5.30. The minimum absolute atomic E-state index is 0.974. The molecule has 3 heteroatoms. The second kappa shape index (κ2) is 10.7. The number of aryl methyl sites for hydroxylation is 3. The van der Waals surface area contributed by atoms with Crippen molar-refractivity contribution in [1.29, 1.82) is 0 Å². The normalized spacial score (nSPS) is 11.6. The molecule has 0 aliphatic heterocycles. The number of alkyl halides is 3. The fraction of sp³-hybridized carbons (Fsp3) is 0.143. The predicted octanol–water partition coefficient (Wildman–Crippen LogP) is 10.4. The first-order chi connectivity index (χ1) is 18.3. The predicted molar refractivity (Wildman–Crippen MR) is 152 cm³/mol. The van der Waals surface area contributed by atoms with Gasteiger partial charge in [0.15, 0.2) is 0 Å². The van der Waals surface area contributed by atoms with Crippen LogP contribution in [-0.4, -0.2) is 6.68 Å². The van der Waals surface area contributed by atoms with E-state index in [0.717, 1.165) is 6.42 Å². The highest BCUT2D eigenvalue weighted by atomic mass is 19.4. The maximum absolute atomic E-state index is 9.67. The van der Waals surface area contributed by atoms with Crippen molar-refractivity contribution in [3.8, 4) is 44.5 Å². The van der Waals surface area contributed by atoms with E-state index in [4.69, 9.17) is 0 Å². The molecule has 0 N–H and O–H groups in total. The summed E-state index contributed by atoms with van der Waals surface area (Å²) in [6.45, 7) is 2.81. The zero-order valence-electron chi connectivity index (χ0n) is 21.7. The molecule has 0 heterocycles. The molecule has 0 spiro atoms. The number of hydrogen-bond donors (Lipinski definition) is 0. The van der Waals surface area contributed by atoms with Gasteiger partial charge in [0.25, 0.3) is 0 Å². The van der Waals surface area contributed by atoms with E-state index in [2.05, 4.69) is 124 Å². The fourth-order valence-electron chi connectivity index (χ4n) is 5.30. The number of rotatable bonds is 3. The van der Waals surface area contributed by atoms with Gasteiger partial charge >= 0.3 is 6.68 Å². The van der Waals surface area contributed by atoms with Gasteiger partial charge in [-0.15, -0.1) is 0 Å². The lowest BCUT2D eigenvalue weighted by molar-refractivity contribution is 0.00819. The molecule has 6 rings (SSSR count). The SMILES string of the molecule is Cc1ccc(-c2cc3c(c(-c4ccc(C)cc4)c2-c2ccc(C)cc2)Cc2ccccc2-3)cc1.FC(F)F. The van der Waals surface area contributed by atoms with Crippen LogP contribution in [0.25, 0.3) is 44.5 Å². The molecule has 1 aliphatic carbocycles. The smallest absolute Gasteiger partial charge is 0.174 e. The highest BCUT2D eigenvalue weighted by Gasteiger charge is 2.27. The Balaban J connectivity index is 0.000000689. The lowest BCUT2D eigenvalue weighted by Crippen LogP contribution is -1.97. The van der Waals surface area contributed by atoms with Crippen LogP contribution >= 0.6 is 0 Å². The Morgan fingerprint density at radius 2 is 0.947 bits per heavy atom. The summed E-state index contributed by atoms with van der Waals surface area (Å²) in [7, 11) is 0. The van der Waals surface area contributed by atoms with Gasteiger partial charge in [-0.3, -0.25) is 0 Å². The second-order valence-electron chi connectivity index (χ2n) is 9.88. The van der Waals surface area contributed by atoms with E-state index >= 15 is 0 Å². The van der Waals surface area contributed by atoms with Crippen LogP contribution in [0.2, 0.25) is 0 Å². The molecule has 1 aliphatic rings. The van der Waals surface area contributed by atoms with Crippen molar-refractivity contribution in [2.45, 2.75) is 33.9 Å². The molecular weight excluding hydrogens is 477 g/mol. The number of halogens is 3. The first kappa shape index (κ1) is 25.5. The Morgan fingerprint density at radius 1 is 0.500 bits per heavy atom. The average Bonchev–Trinajstić information content (AvgIpc) is 3.27. The molecule has 190 valence electrons. The molecule has 0 unspecified atom stereocenters. The third-order valence-corrected chi connectivity index (χ3v) is 7.15. The lowest BCUT2D eigenvalue weighted by Gasteiger charge is -2.21. The van der Waals surface area contributed by atoms with E-state index in [0.29, 0.717) is 0 Å². The van der Waals surface area contributed by atoms with Crippen LogP contribution in [0.5, 0.6) is 0 Å². The summed E-state index contributed by atoms with van der Waals surface area (Å²) in [5.74, 6) is 0. The van der Waals surface area contributed by atoms with Crippen LogP contribution in [-0.2, 0) is 6.42 Å². The van der Waals surface area contributed by atoms with Crippen LogP contribution in [0.1, 0.15) is 27.8 Å². The molecule has 38 heavy (non-hydrogen) atoms. The summed E-state index contributed by atoms with van der Waals surface area (Å²) < 4.78 is 29.0. The van der Waals surface area contributed by atoms with Gasteiger partial charge in [0, 0.05) is 0 Å². The van der Waals surface area contributed by atoms with Gasteiger partial charge < -0.3 is 0 Å². The van der Waals surface area contributed by atoms with Gasteiger partial charge in [0.1, 0.15) is 0 Å². The zero-order chi connectivity index (χ0) is 26.8. The van der Waals surface area contributed by atoms with E-state index < -0.39 is 6.68 Å². The Hall–Kier alpha value is -4.11. The minimum atomic E-state index is -3.67. The van der Waals surface area contributed by atoms with Gasteiger partial charge in [-0.05, 0) is 88.9 Å². The van der Waals surface area contributed by atoms with E-state index in [1.807, 2.05) is 0 Å². The van der Waals surface area contributed by atoms with Gasteiger partial charge in [0.05, 0.1) is 0 Å². The summed E-state index contributed by atoms with van der Waals surface area (Å²) in [6.07, 6.45) is 0.974. The third kappa shape index (κ3) is 5.15. The monoisotopic (exact) mass is 506 g/mol. The molecule has 0 radical (unpaired) electrons. The van der Waals surface area contributed by atoms with Crippen molar-refractivity contribution in [3.05, 3.63) is 131 Å². The molecule has 0 saturated carbocycles. The topological polar surface area (TPSA) is 0 Å². The maximum Gasteiger partial charge on any atom is 0.379 e. The summed E-state index contributed by atoms with van der Waals surface area (Å²) in [6, 6.07) is 38.4. The highest BCUT2D eigenvalue weighted by molar-refractivity contribution is 6.01. The van der Waals surface area contributed by atoms with Crippen LogP contribution in [0, 0.1) is 20.8 Å². The molecule has 0 bridgehead atoms. The Kier molecular flexibility index (Phi) is 7.20. The molecule has 5 aromatic rings. The minimum Gasteiger partial charge on any atom is -0.174 e. The molecule has 0 nitrogen and oxygen atoms in total. The van der Waals surface area contributed by atoms with Crippen LogP contribution in [0.15, 0.2) is 103 Å². The van der Waals surface area contributed by atoms with E-state index in [1.165, 1.54) is 72.3 Å². The van der Waals surface area contributed by atoms with Crippen molar-refractivity contribution in [2.75, 3.05) is 0 Å². The van der Waals surface area contributed by atoms with Gasteiger partial charge in [0.2, 0.25) is 0 Å². The van der Waals surface area contributed by atoms with E-state index in [9.17, 15) is 13.2 Å². The largest absolute Gasteiger partial charge is 0.379 e. The van der Waals surface area contributed by atoms with Gasteiger partial charge in [-0.25, -0.2) is 0 Å². The summed E-state index contributed by atoms with van der Waals surface area (Å²) >= 11 is 0. The van der Waals surface area contributed by atoms with Crippen molar-refractivity contribution in [3.63, 3.8) is 0 Å². The second-order valence-corrected chi connectivity index (χ2v) is 9.88. The molecule has 0 fully saturated rings. The molecule has 0 atom stereocenters. The number of benzene rings is 5. The molecule has 0 aromatic heterocycles. The first-order valence-corrected chi connectivity index (χ1v) is 12.7. The van der Waals surface area contributed by atoms with Crippen LogP contribution in [0.4, 0.5) is 13.2 Å². The van der Waals surface area contributed by atoms with Crippen molar-refractivity contribution >= 4 is 0 Å². The average molecular weight is 507 g/mol. The number of fused-ring (bicyclic) bond motifs is 3.